The monoisotopic (exact) mass is 2660 g/mol. The largest absolute Gasteiger partial charge is 0.328 e. The molecule has 3 fully saturated rings. The van der Waals surface area contributed by atoms with Gasteiger partial charge in [-0.1, -0.05) is 0 Å². The van der Waals surface area contributed by atoms with Crippen LogP contribution in [0.1, 0.15) is 65.7 Å². The molecule has 3 atom stereocenters. The molecule has 96 heavy (non-hydrogen) atoms. The fourth-order valence-corrected chi connectivity index (χ4v) is 179. The number of ketones is 2. The van der Waals surface area contributed by atoms with Gasteiger partial charge in [0.15, 0.2) is 0 Å². The van der Waals surface area contributed by atoms with Gasteiger partial charge in [0.2, 0.25) is 0 Å². The van der Waals surface area contributed by atoms with Crippen LogP contribution in [0.25, 0.3) is 0 Å². The molecular formula is C18H33ClN2O3S72. The van der Waals surface area contributed by atoms with Gasteiger partial charge in [0.25, 0.3) is 0 Å². The Bertz CT molecular complexity index is 5720. The van der Waals surface area contributed by atoms with E-state index in [0.717, 1.165) is 37.9 Å². The maximum absolute atomic E-state index is 11.2. The highest BCUT2D eigenvalue weighted by atomic mass is 35.5. The first-order valence-electron chi connectivity index (χ1n) is 20.5. The summed E-state index contributed by atoms with van der Waals surface area (Å²) < 4.78 is 0. The molecule has 2 unspecified atom stereocenters. The van der Waals surface area contributed by atoms with Crippen molar-refractivity contribution in [2.45, 2.75) is 83.8 Å². The number of aldehydes is 1. The predicted molar refractivity (Wildman–Crippen MR) is 629 cm³/mol. The van der Waals surface area contributed by atoms with E-state index in [9.17, 15) is 14.4 Å². The summed E-state index contributed by atoms with van der Waals surface area (Å²) in [6.07, 6.45) is 8.00. The molecule has 2 saturated carbocycles. The van der Waals surface area contributed by atoms with Crippen LogP contribution >= 0.6 is 12.4 Å². The fourth-order valence-electron chi connectivity index (χ4n) is 3.37. The molecule has 0 bridgehead atoms. The number of halogens is 1. The quantitative estimate of drug-likeness (QED) is 0.413. The van der Waals surface area contributed by atoms with E-state index in [4.69, 9.17) is 50.5 Å². The molecule has 3 rings (SSSR count). The molecule has 5 nitrogen and oxygen atoms in total. The number of nitrogens with one attached hydrogen (secondary N) is 1. The third-order valence-corrected chi connectivity index (χ3v) is 153. The van der Waals surface area contributed by atoms with Gasteiger partial charge >= 0.3 is 0 Å². The van der Waals surface area contributed by atoms with Crippen LogP contribution in [-0.2, 0) is 663 Å². The van der Waals surface area contributed by atoms with Gasteiger partial charge in [0, 0.05) is 692 Å². The Kier molecular flexibility index (Phi) is 123. The molecule has 0 aromatic carbocycles. The highest BCUT2D eigenvalue weighted by Crippen LogP contribution is 2.35. The average Bonchev–Trinajstić information content (AvgIpc) is 1.74. The van der Waals surface area contributed by atoms with Crippen LogP contribution < -0.4 is 11.1 Å². The number of hydrogen-bond acceptors (Lipinski definition) is 9. The zero-order valence-electron chi connectivity index (χ0n) is 44.5. The summed E-state index contributed by atoms with van der Waals surface area (Å²) in [5.41, 5.74) is 5.27. The van der Waals surface area contributed by atoms with Crippen LogP contribution in [0.3, 0.4) is 0 Å². The van der Waals surface area contributed by atoms with Crippen molar-refractivity contribution in [3.8, 4) is 0 Å². The normalized spacial score (nSPS) is 12.4. The smallest absolute Gasteiger partial charge is 0.136 e. The summed E-state index contributed by atoms with van der Waals surface area (Å²) in [4.78, 5) is 30.9. The third kappa shape index (κ3) is 107. The van der Waals surface area contributed by atoms with Gasteiger partial charge in [-0.15, -0.1) is 12.4 Å². The Morgan fingerprint density at radius 3 is 0.646 bits per heavy atom. The molecule has 0 aromatic rings. The lowest BCUT2D eigenvalue weighted by Gasteiger charge is -2.27. The van der Waals surface area contributed by atoms with Crippen molar-refractivity contribution in [2.24, 2.45) is 17.6 Å². The summed E-state index contributed by atoms with van der Waals surface area (Å²) in [6.45, 7) is 5.47. The molecule has 0 aromatic heterocycles. The van der Waals surface area contributed by atoms with Gasteiger partial charge in [-0.2, -0.15) is 0 Å². The van der Waals surface area contributed by atoms with E-state index in [-0.39, 0.29) is 24.2 Å². The number of carbonyl (C=O) groups is 3. The number of rotatable bonds is 4. The zero-order chi connectivity index (χ0) is 69.5. The first kappa shape index (κ1) is 115. The first-order chi connectivity index (χ1) is 46.6. The average molecular weight is 2670 g/mol. The number of nitrogens with two attached hydrogens (primary N) is 1. The van der Waals surface area contributed by atoms with Crippen molar-refractivity contribution in [3.05, 3.63) is 0 Å². The van der Waals surface area contributed by atoms with E-state index < -0.39 is 0 Å². The Labute approximate surface area is 778 Å². The van der Waals surface area contributed by atoms with Crippen LogP contribution in [0.15, 0.2) is 0 Å². The van der Waals surface area contributed by atoms with Crippen molar-refractivity contribution < 1.29 is 14.4 Å². The molecule has 3 N–H and O–H groups in total. The summed E-state index contributed by atoms with van der Waals surface area (Å²) in [6, 6.07) is 0.964. The highest BCUT2D eigenvalue weighted by Gasteiger charge is 2.35. The lowest BCUT2D eigenvalue weighted by molar-refractivity contribution is -0.121. The molecular weight excluding hydrogens is 2640 g/mol. The van der Waals surface area contributed by atoms with Crippen LogP contribution in [-0.4, -0.2) is 36.0 Å². The van der Waals surface area contributed by atoms with Crippen LogP contribution in [0, 0.1) is 11.8 Å². The van der Waals surface area contributed by atoms with E-state index in [1.165, 1.54) is 48.4 Å². The van der Waals surface area contributed by atoms with Gasteiger partial charge in [0.1, 0.15) is 17.9 Å². The number of hydrogen-bond donors (Lipinski definition) is 2. The molecule has 0 amide bonds. The van der Waals surface area contributed by atoms with Gasteiger partial charge < -0.3 is 15.8 Å². The van der Waals surface area contributed by atoms with E-state index in [2.05, 4.69) is 12.2 Å². The van der Waals surface area contributed by atoms with Crippen molar-refractivity contribution in [1.29, 1.82) is 0 Å². The Morgan fingerprint density at radius 1 is 0.375 bits per heavy atom. The van der Waals surface area contributed by atoms with Gasteiger partial charge in [-0.25, -0.2) is 0 Å². The van der Waals surface area contributed by atoms with Crippen LogP contribution in [0.4, 0.5) is 0 Å². The summed E-state index contributed by atoms with van der Waals surface area (Å²) in [7, 11) is 120. The minimum Gasteiger partial charge on any atom is -0.328 e. The number of Topliss-reactive ketones (excluding diaryl/α,β-unsaturated/α-hetero) is 2. The van der Waals surface area contributed by atoms with Gasteiger partial charge in [-0.3, -0.25) is 9.59 Å². The molecule has 3 aliphatic rings. The standard InChI is InChI=1S/C9H15NO.C5H11NO.C4H6O.ClH.S47.S25/c1-6-4-8(11)5-9(10-6)7-2-3-7;1-4(6)3-5(2)7;5-3-4-1-2-4;;1-3-5-7-9-11-13-15-17-19-21-23-25-27-29-31-33-35-37-39-41-43-45-47-46-44-42-40-38-36-34-32-30-28-26-24-22-20-18-16-14-12-10-8-6-4-2;1-3-5-7-9-11-13-15-17-19-21-23-25-24-22-20-18-16-14-12-10-8-6-4-2/h6-7,9-10H,2-5H2,1H3;4H,3,6H2,1-2H3;3-4H,1-2H2;1H;;/t;4-;;;;/m.0..../s1. The zero-order valence-corrected chi connectivity index (χ0v) is 104. The topological polar surface area (TPSA) is 89.3 Å². The van der Waals surface area contributed by atoms with Crippen molar-refractivity contribution >= 4 is 679 Å². The van der Waals surface area contributed by atoms with Crippen LogP contribution in [0.5, 0.6) is 0 Å². The second kappa shape index (κ2) is 102. The second-order valence-electron chi connectivity index (χ2n) is 11.9. The van der Waals surface area contributed by atoms with E-state index in [1.807, 2.05) is 344 Å². The lowest BCUT2D eigenvalue weighted by atomic mass is 9.95. The minimum atomic E-state index is 0. The molecule has 1 aliphatic heterocycles. The number of piperidine rings is 1. The number of carbonyl (C=O) groups excluding carboxylic acids is 3. The van der Waals surface area contributed by atoms with Crippen molar-refractivity contribution in [3.63, 3.8) is 0 Å². The molecule has 78 heteroatoms. The minimum absolute atomic E-state index is 0. The molecule has 1 heterocycles. The maximum Gasteiger partial charge on any atom is 0.136 e. The predicted octanol–water partition coefficient (Wildman–Crippen LogP) is 2.26. The summed E-state index contributed by atoms with van der Waals surface area (Å²) >= 11 is 19.2. The molecule has 572 valence electrons. The molecule has 0 spiro atoms. The molecule has 0 radical (unpaired) electrons. The summed E-state index contributed by atoms with van der Waals surface area (Å²) in [5.74, 6) is 1.89. The van der Waals surface area contributed by atoms with E-state index in [0.29, 0.717) is 30.2 Å². The fraction of sp³-hybridized carbons (Fsp3) is 0.833. The molecule has 1 saturated heterocycles. The van der Waals surface area contributed by atoms with Crippen LogP contribution in [0.2, 0.25) is 0 Å². The Morgan fingerprint density at radius 2 is 0.552 bits per heavy atom. The van der Waals surface area contributed by atoms with E-state index in [1.54, 1.807) is 238 Å². The van der Waals surface area contributed by atoms with Crippen molar-refractivity contribution in [1.82, 2.24) is 5.32 Å². The van der Waals surface area contributed by atoms with E-state index >= 15 is 0 Å². The van der Waals surface area contributed by atoms with Crippen molar-refractivity contribution in [2.75, 3.05) is 0 Å². The second-order valence-corrected chi connectivity index (χ2v) is 132. The van der Waals surface area contributed by atoms with Gasteiger partial charge in [-0.05, 0) is 52.4 Å². The summed E-state index contributed by atoms with van der Waals surface area (Å²) in [5, 5.41) is 3.49. The first-order valence-corrected chi connectivity index (χ1v) is 114. The highest BCUT2D eigenvalue weighted by molar-refractivity contribution is 8.84. The Hall–Kier alpha value is 15.1. The third-order valence-electron chi connectivity index (χ3n) is 5.93. The maximum atomic E-state index is 11.2. The molecule has 2 aliphatic carbocycles. The SMILES string of the molecule is CC(=O)C[C@H](C)N.CC1CC(=O)CC(C2CC2)N1.Cl.O=CC1CC1.S=S=S=S=S=S=S=S=S=S=S=S=S=S=S=S=S=S=S=S=S=S=S=S=S.S=S=S=S=S=S=S=S=S=S=S=S=S=S=S=S=S=S=S=S=S=S=S=S=S=S=S=S=S=S=S=S=S=S=S=S=S=S=S=S=S=S=S=S=S=S=S. The Balaban J connectivity index is -0.00000143. The lowest BCUT2D eigenvalue weighted by Crippen LogP contribution is -2.45. The van der Waals surface area contributed by atoms with Gasteiger partial charge in [0.05, 0.1) is 0 Å².